The van der Waals surface area contributed by atoms with Gasteiger partial charge in [0.15, 0.2) is 6.04 Å². The Morgan fingerprint density at radius 1 is 0.902 bits per heavy atom. The van der Waals surface area contributed by atoms with Crippen LogP contribution in [0.2, 0.25) is 0 Å². The third kappa shape index (κ3) is 6.74. The van der Waals surface area contributed by atoms with Crippen molar-refractivity contribution in [2.45, 2.75) is 12.6 Å². The Balaban J connectivity index is 1.38. The monoisotopic (exact) mass is 609 g/mol. The molecule has 41 heavy (non-hydrogen) atoms. The molecule has 1 atom stereocenters. The Kier molecular flexibility index (Phi) is 8.61. The summed E-state index contributed by atoms with van der Waals surface area (Å²) in [6.45, 7) is 0.350. The molecule has 0 radical (unpaired) electrons. The summed E-state index contributed by atoms with van der Waals surface area (Å²) in [5.41, 5.74) is 4.26. The predicted molar refractivity (Wildman–Crippen MR) is 160 cm³/mol. The first-order valence-corrected chi connectivity index (χ1v) is 13.4. The number of amides is 2. The summed E-state index contributed by atoms with van der Waals surface area (Å²) in [6, 6.07) is 29.0. The number of hydrazone groups is 1. The van der Waals surface area contributed by atoms with Crippen molar-refractivity contribution in [2.24, 2.45) is 5.10 Å². The van der Waals surface area contributed by atoms with Crippen LogP contribution in [0.1, 0.15) is 33.2 Å². The maximum atomic E-state index is 13.4. The Bertz CT molecular complexity index is 1770. The van der Waals surface area contributed by atoms with Gasteiger partial charge in [-0.05, 0) is 48.0 Å². The van der Waals surface area contributed by atoms with Crippen LogP contribution in [0.3, 0.4) is 0 Å². The number of carbonyl (C=O) groups excluding carboxylic acids is 2. The number of aromatic amines is 1. The first-order valence-electron chi connectivity index (χ1n) is 12.6. The molecule has 5 aromatic rings. The van der Waals surface area contributed by atoms with Crippen LogP contribution in [0.4, 0.5) is 0 Å². The lowest BCUT2D eigenvalue weighted by molar-refractivity contribution is -0.123. The summed E-state index contributed by atoms with van der Waals surface area (Å²) in [7, 11) is 0. The average molecular weight is 610 g/mol. The van der Waals surface area contributed by atoms with Crippen molar-refractivity contribution in [2.75, 3.05) is 0 Å². The van der Waals surface area contributed by atoms with E-state index in [1.807, 2.05) is 36.4 Å². The lowest BCUT2D eigenvalue weighted by atomic mass is 10.0. The molecule has 0 fully saturated rings. The molecule has 10 heteroatoms. The van der Waals surface area contributed by atoms with Gasteiger partial charge in [-0.3, -0.25) is 14.4 Å². The third-order valence-electron chi connectivity index (χ3n) is 6.18. The van der Waals surface area contributed by atoms with Crippen molar-refractivity contribution in [3.05, 3.63) is 140 Å². The largest absolute Gasteiger partial charge is 0.488 e. The van der Waals surface area contributed by atoms with Gasteiger partial charge in [-0.1, -0.05) is 76.6 Å². The Labute approximate surface area is 243 Å². The molecule has 0 saturated heterocycles. The molecular formula is C31H24BrN5O4. The number of nitrogens with one attached hydrogen (secondary N) is 3. The van der Waals surface area contributed by atoms with E-state index >= 15 is 0 Å². The summed E-state index contributed by atoms with van der Waals surface area (Å²) in [4.78, 5) is 38.8. The first-order chi connectivity index (χ1) is 20.0. The number of fused-ring (bicyclic) bond motifs is 1. The van der Waals surface area contributed by atoms with E-state index in [1.165, 1.54) is 6.21 Å². The van der Waals surface area contributed by atoms with Crippen LogP contribution in [-0.2, 0) is 11.4 Å². The smallest absolute Gasteiger partial charge is 0.272 e. The molecule has 4 aromatic carbocycles. The average Bonchev–Trinajstić information content (AvgIpc) is 3.01. The highest BCUT2D eigenvalue weighted by Crippen LogP contribution is 2.21. The van der Waals surface area contributed by atoms with Crippen LogP contribution in [0.25, 0.3) is 10.8 Å². The summed E-state index contributed by atoms with van der Waals surface area (Å²) < 4.78 is 6.96. The highest BCUT2D eigenvalue weighted by Gasteiger charge is 2.27. The summed E-state index contributed by atoms with van der Waals surface area (Å²) in [6.07, 6.45) is 1.46. The number of H-pyrrole nitrogens is 1. The molecule has 9 nitrogen and oxygen atoms in total. The molecule has 0 saturated carbocycles. The van der Waals surface area contributed by atoms with Gasteiger partial charge in [0.25, 0.3) is 17.4 Å². The lowest BCUT2D eigenvalue weighted by Crippen LogP contribution is -2.40. The van der Waals surface area contributed by atoms with E-state index in [1.54, 1.807) is 66.7 Å². The molecule has 0 spiro atoms. The Morgan fingerprint density at radius 3 is 2.37 bits per heavy atom. The van der Waals surface area contributed by atoms with E-state index in [-0.39, 0.29) is 5.69 Å². The zero-order chi connectivity index (χ0) is 28.6. The van der Waals surface area contributed by atoms with Gasteiger partial charge in [0.05, 0.1) is 11.6 Å². The van der Waals surface area contributed by atoms with E-state index in [4.69, 9.17) is 4.74 Å². The van der Waals surface area contributed by atoms with Crippen molar-refractivity contribution >= 4 is 44.7 Å². The molecule has 0 unspecified atom stereocenters. The molecule has 1 aromatic heterocycles. The Hall–Kier alpha value is -5.09. The number of halogens is 1. The van der Waals surface area contributed by atoms with Crippen LogP contribution in [0.15, 0.2) is 117 Å². The summed E-state index contributed by atoms with van der Waals surface area (Å²) in [5, 5.41) is 14.2. The fourth-order valence-electron chi connectivity index (χ4n) is 4.11. The molecule has 2 amide bonds. The number of para-hydroxylation sites is 1. The second kappa shape index (κ2) is 12.8. The fourth-order valence-corrected chi connectivity index (χ4v) is 4.37. The van der Waals surface area contributed by atoms with E-state index < -0.39 is 23.4 Å². The van der Waals surface area contributed by atoms with Gasteiger partial charge in [-0.25, -0.2) is 10.5 Å². The highest BCUT2D eigenvalue weighted by atomic mass is 79.9. The van der Waals surface area contributed by atoms with Gasteiger partial charge in [-0.2, -0.15) is 10.2 Å². The molecule has 0 aliphatic carbocycles. The van der Waals surface area contributed by atoms with Crippen LogP contribution in [-0.4, -0.2) is 28.2 Å². The van der Waals surface area contributed by atoms with E-state index in [0.717, 1.165) is 10.0 Å². The minimum absolute atomic E-state index is 0.176. The first kappa shape index (κ1) is 27.5. The normalized spacial score (nSPS) is 11.7. The SMILES string of the molecule is O=C(N[C@@H](C(=O)NN=Cc1ccccc1OCc1ccc(Br)cc1)c1n[nH]c(=O)c2ccccc12)c1ccccc1. The van der Waals surface area contributed by atoms with Crippen molar-refractivity contribution in [1.29, 1.82) is 0 Å². The molecule has 1 heterocycles. The van der Waals surface area contributed by atoms with Crippen LogP contribution >= 0.6 is 15.9 Å². The number of nitrogens with zero attached hydrogens (tertiary/aromatic N) is 2. The van der Waals surface area contributed by atoms with Gasteiger partial charge >= 0.3 is 0 Å². The van der Waals surface area contributed by atoms with E-state index in [9.17, 15) is 14.4 Å². The maximum Gasteiger partial charge on any atom is 0.272 e. The number of benzene rings is 4. The van der Waals surface area contributed by atoms with Crippen molar-refractivity contribution in [3.8, 4) is 5.75 Å². The predicted octanol–water partition coefficient (Wildman–Crippen LogP) is 4.89. The molecular weight excluding hydrogens is 586 g/mol. The van der Waals surface area contributed by atoms with Crippen LogP contribution in [0.5, 0.6) is 5.75 Å². The second-order valence-corrected chi connectivity index (χ2v) is 9.86. The molecule has 5 rings (SSSR count). The maximum absolute atomic E-state index is 13.4. The van der Waals surface area contributed by atoms with Gasteiger partial charge in [0.2, 0.25) is 0 Å². The number of carbonyl (C=O) groups is 2. The molecule has 0 aliphatic heterocycles. The Morgan fingerprint density at radius 2 is 1.59 bits per heavy atom. The topological polar surface area (TPSA) is 126 Å². The number of aromatic nitrogens is 2. The quantitative estimate of drug-likeness (QED) is 0.162. The molecule has 0 bridgehead atoms. The van der Waals surface area contributed by atoms with Crippen LogP contribution < -0.4 is 21.0 Å². The number of rotatable bonds is 9. The van der Waals surface area contributed by atoms with Gasteiger partial charge in [0, 0.05) is 21.0 Å². The number of hydrogen-bond donors (Lipinski definition) is 3. The van der Waals surface area contributed by atoms with Gasteiger partial charge < -0.3 is 10.1 Å². The summed E-state index contributed by atoms with van der Waals surface area (Å²) in [5.74, 6) is -0.558. The van der Waals surface area contributed by atoms with Crippen molar-refractivity contribution in [1.82, 2.24) is 20.9 Å². The van der Waals surface area contributed by atoms with Gasteiger partial charge in [0.1, 0.15) is 18.1 Å². The number of ether oxygens (including phenoxy) is 1. The number of hydrogen-bond acceptors (Lipinski definition) is 6. The van der Waals surface area contributed by atoms with Crippen molar-refractivity contribution < 1.29 is 14.3 Å². The third-order valence-corrected chi connectivity index (χ3v) is 6.71. The van der Waals surface area contributed by atoms with E-state index in [2.05, 4.69) is 42.0 Å². The fraction of sp³-hybridized carbons (Fsp3) is 0.0645. The molecule has 3 N–H and O–H groups in total. The van der Waals surface area contributed by atoms with Crippen molar-refractivity contribution in [3.63, 3.8) is 0 Å². The van der Waals surface area contributed by atoms with Crippen LogP contribution in [0, 0.1) is 0 Å². The molecule has 204 valence electrons. The summed E-state index contributed by atoms with van der Waals surface area (Å²) >= 11 is 3.42. The molecule has 0 aliphatic rings. The zero-order valence-electron chi connectivity index (χ0n) is 21.6. The minimum Gasteiger partial charge on any atom is -0.488 e. The zero-order valence-corrected chi connectivity index (χ0v) is 23.2. The van der Waals surface area contributed by atoms with E-state index in [0.29, 0.717) is 34.3 Å². The highest BCUT2D eigenvalue weighted by molar-refractivity contribution is 9.10. The second-order valence-electron chi connectivity index (χ2n) is 8.94. The minimum atomic E-state index is -1.26. The lowest BCUT2D eigenvalue weighted by Gasteiger charge is -2.18. The standard InChI is InChI=1S/C31H24BrN5O4/c32-23-16-14-20(15-17-23)19-41-26-13-7-4-10-22(26)18-33-36-31(40)28(34-29(38)21-8-2-1-3-9-21)27-24-11-5-6-12-25(24)30(39)37-35-27/h1-18,28H,19H2,(H,34,38)(H,36,40)(H,37,39)/t28-/m1/s1. The van der Waals surface area contributed by atoms with Gasteiger partial charge in [-0.15, -0.1) is 0 Å².